The molecule has 1 aliphatic rings. The van der Waals surface area contributed by atoms with Gasteiger partial charge in [0.15, 0.2) is 6.10 Å². The summed E-state index contributed by atoms with van der Waals surface area (Å²) < 4.78 is 12.9. The van der Waals surface area contributed by atoms with E-state index in [4.69, 9.17) is 9.47 Å². The molecule has 140 valence electrons. The quantitative estimate of drug-likeness (QED) is 0.666. The summed E-state index contributed by atoms with van der Waals surface area (Å²) in [6.45, 7) is 3.16. The Labute approximate surface area is 162 Å². The fourth-order valence-corrected chi connectivity index (χ4v) is 4.13. The highest BCUT2D eigenvalue weighted by Crippen LogP contribution is 2.29. The Morgan fingerprint density at radius 1 is 1.11 bits per heavy atom. The van der Waals surface area contributed by atoms with Crippen molar-refractivity contribution in [2.45, 2.75) is 32.0 Å². The topological polar surface area (TPSA) is 51.7 Å². The molecule has 0 spiro atoms. The number of benzene rings is 2. The molecule has 0 aliphatic carbocycles. The lowest BCUT2D eigenvalue weighted by atomic mass is 10.1. The van der Waals surface area contributed by atoms with E-state index in [9.17, 15) is 4.79 Å². The van der Waals surface area contributed by atoms with Crippen molar-refractivity contribution >= 4 is 27.5 Å². The molecule has 1 saturated heterocycles. The zero-order valence-corrected chi connectivity index (χ0v) is 16.0. The predicted molar refractivity (Wildman–Crippen MR) is 106 cm³/mol. The predicted octanol–water partition coefficient (Wildman–Crippen LogP) is 4.13. The molecule has 0 radical (unpaired) electrons. The average Bonchev–Trinajstić information content (AvgIpc) is 3.11. The minimum Gasteiger partial charge on any atom is -0.481 e. The van der Waals surface area contributed by atoms with Crippen LogP contribution in [-0.2, 0) is 4.79 Å². The molecule has 3 aromatic rings. The SMILES string of the molecule is CC(Oc1ccccc1)C(=O)N1CCC(Oc2nc3ccccc3s2)CC1. The van der Waals surface area contributed by atoms with Gasteiger partial charge in [0.1, 0.15) is 11.9 Å². The van der Waals surface area contributed by atoms with Crippen LogP contribution in [0.1, 0.15) is 19.8 Å². The van der Waals surface area contributed by atoms with Crippen molar-refractivity contribution in [3.63, 3.8) is 0 Å². The van der Waals surface area contributed by atoms with E-state index in [1.54, 1.807) is 18.3 Å². The van der Waals surface area contributed by atoms with Crippen molar-refractivity contribution in [3.05, 3.63) is 54.6 Å². The highest BCUT2D eigenvalue weighted by atomic mass is 32.1. The largest absolute Gasteiger partial charge is 0.481 e. The van der Waals surface area contributed by atoms with Crippen molar-refractivity contribution in [2.75, 3.05) is 13.1 Å². The molecule has 1 amide bonds. The summed E-state index contributed by atoms with van der Waals surface area (Å²) in [6, 6.07) is 17.5. The molecule has 4 rings (SSSR count). The number of hydrogen-bond acceptors (Lipinski definition) is 5. The first kappa shape index (κ1) is 17.8. The number of carbonyl (C=O) groups excluding carboxylic acids is 1. The number of para-hydroxylation sites is 2. The zero-order valence-electron chi connectivity index (χ0n) is 15.2. The second-order valence-electron chi connectivity index (χ2n) is 6.66. The van der Waals surface area contributed by atoms with Gasteiger partial charge >= 0.3 is 0 Å². The Morgan fingerprint density at radius 3 is 2.56 bits per heavy atom. The minimum absolute atomic E-state index is 0.0253. The van der Waals surface area contributed by atoms with Gasteiger partial charge in [0, 0.05) is 25.9 Å². The van der Waals surface area contributed by atoms with Crippen LogP contribution in [-0.4, -0.2) is 41.1 Å². The van der Waals surface area contributed by atoms with Crippen molar-refractivity contribution in [2.24, 2.45) is 0 Å². The Morgan fingerprint density at radius 2 is 1.81 bits per heavy atom. The van der Waals surface area contributed by atoms with Gasteiger partial charge in [-0.15, -0.1) is 0 Å². The molecule has 6 heteroatoms. The van der Waals surface area contributed by atoms with Gasteiger partial charge in [0.05, 0.1) is 10.2 Å². The summed E-state index contributed by atoms with van der Waals surface area (Å²) in [7, 11) is 0. The fourth-order valence-electron chi connectivity index (χ4n) is 3.25. The third-order valence-electron chi connectivity index (χ3n) is 4.70. The molecule has 0 bridgehead atoms. The summed E-state index contributed by atoms with van der Waals surface area (Å²) in [5.41, 5.74) is 0.969. The second-order valence-corrected chi connectivity index (χ2v) is 7.66. The van der Waals surface area contributed by atoms with Crippen molar-refractivity contribution in [1.29, 1.82) is 0 Å². The lowest BCUT2D eigenvalue weighted by molar-refractivity contribution is -0.139. The maximum absolute atomic E-state index is 12.6. The molecule has 2 aromatic carbocycles. The molecular formula is C21H22N2O3S. The minimum atomic E-state index is -0.492. The fraction of sp³-hybridized carbons (Fsp3) is 0.333. The molecular weight excluding hydrogens is 360 g/mol. The number of thiazole rings is 1. The zero-order chi connectivity index (χ0) is 18.6. The number of hydrogen-bond donors (Lipinski definition) is 0. The Kier molecular flexibility index (Phi) is 5.25. The first-order chi connectivity index (χ1) is 13.2. The van der Waals surface area contributed by atoms with Gasteiger partial charge in [-0.2, -0.15) is 0 Å². The highest BCUT2D eigenvalue weighted by molar-refractivity contribution is 7.20. The molecule has 0 N–H and O–H groups in total. The van der Waals surface area contributed by atoms with Crippen molar-refractivity contribution in [3.8, 4) is 10.9 Å². The molecule has 1 aromatic heterocycles. The van der Waals surface area contributed by atoms with E-state index < -0.39 is 6.10 Å². The van der Waals surface area contributed by atoms with Crippen LogP contribution in [0.3, 0.4) is 0 Å². The molecule has 2 heterocycles. The highest BCUT2D eigenvalue weighted by Gasteiger charge is 2.28. The van der Waals surface area contributed by atoms with Gasteiger partial charge in [0.25, 0.3) is 11.1 Å². The van der Waals surface area contributed by atoms with Gasteiger partial charge in [-0.3, -0.25) is 4.79 Å². The third-order valence-corrected chi connectivity index (χ3v) is 5.63. The Hall–Kier alpha value is -2.60. The summed E-state index contributed by atoms with van der Waals surface area (Å²) >= 11 is 1.57. The summed E-state index contributed by atoms with van der Waals surface area (Å²) in [5, 5.41) is 0.710. The second kappa shape index (κ2) is 7.96. The number of carbonyl (C=O) groups is 1. The van der Waals surface area contributed by atoms with E-state index in [1.165, 1.54) is 0 Å². The summed E-state index contributed by atoms with van der Waals surface area (Å²) in [4.78, 5) is 19.0. The van der Waals surface area contributed by atoms with Gasteiger partial charge in [-0.25, -0.2) is 4.98 Å². The van der Waals surface area contributed by atoms with Gasteiger partial charge in [-0.1, -0.05) is 41.7 Å². The Balaban J connectivity index is 1.29. The standard InChI is InChI=1S/C21H22N2O3S/c1-15(25-16-7-3-2-4-8-16)20(24)23-13-11-17(12-14-23)26-21-22-18-9-5-6-10-19(18)27-21/h2-10,15,17H,11-14H2,1H3. The molecule has 0 saturated carbocycles. The van der Waals surface area contributed by atoms with Crippen LogP contribution in [0, 0.1) is 0 Å². The molecule has 1 unspecified atom stereocenters. The van der Waals surface area contributed by atoms with Crippen molar-refractivity contribution in [1.82, 2.24) is 9.88 Å². The van der Waals surface area contributed by atoms with E-state index in [0.717, 1.165) is 23.1 Å². The molecule has 27 heavy (non-hydrogen) atoms. The smallest absolute Gasteiger partial charge is 0.274 e. The first-order valence-corrected chi connectivity index (χ1v) is 10.0. The van der Waals surface area contributed by atoms with Crippen LogP contribution < -0.4 is 9.47 Å². The molecule has 5 nitrogen and oxygen atoms in total. The van der Waals surface area contributed by atoms with Gasteiger partial charge < -0.3 is 14.4 Å². The lowest BCUT2D eigenvalue weighted by Gasteiger charge is -2.33. The van der Waals surface area contributed by atoms with Crippen LogP contribution in [0.5, 0.6) is 10.9 Å². The van der Waals surface area contributed by atoms with E-state index in [0.29, 0.717) is 24.0 Å². The molecule has 1 atom stereocenters. The number of fused-ring (bicyclic) bond motifs is 1. The lowest BCUT2D eigenvalue weighted by Crippen LogP contribution is -2.46. The number of rotatable bonds is 5. The number of piperidine rings is 1. The number of ether oxygens (including phenoxy) is 2. The van der Waals surface area contributed by atoms with Crippen molar-refractivity contribution < 1.29 is 14.3 Å². The van der Waals surface area contributed by atoms with E-state index >= 15 is 0 Å². The number of likely N-dealkylation sites (tertiary alicyclic amines) is 1. The van der Waals surface area contributed by atoms with Crippen LogP contribution in [0.4, 0.5) is 0 Å². The van der Waals surface area contributed by atoms with E-state index in [2.05, 4.69) is 11.1 Å². The van der Waals surface area contributed by atoms with Gasteiger partial charge in [0.2, 0.25) is 0 Å². The first-order valence-electron chi connectivity index (χ1n) is 9.22. The van der Waals surface area contributed by atoms with Crippen LogP contribution in [0.15, 0.2) is 54.6 Å². The normalized spacial score (nSPS) is 16.3. The number of amides is 1. The van der Waals surface area contributed by atoms with Gasteiger partial charge in [-0.05, 0) is 31.2 Å². The number of nitrogens with zero attached hydrogens (tertiary/aromatic N) is 2. The third kappa shape index (κ3) is 4.22. The summed E-state index contributed by atoms with van der Waals surface area (Å²) in [6.07, 6.45) is 1.22. The van der Waals surface area contributed by atoms with Crippen LogP contribution >= 0.6 is 11.3 Å². The maximum atomic E-state index is 12.6. The van der Waals surface area contributed by atoms with E-state index in [-0.39, 0.29) is 12.0 Å². The van der Waals surface area contributed by atoms with Crippen LogP contribution in [0.25, 0.3) is 10.2 Å². The summed E-state index contributed by atoms with van der Waals surface area (Å²) in [5.74, 6) is 0.740. The monoisotopic (exact) mass is 382 g/mol. The van der Waals surface area contributed by atoms with Crippen LogP contribution in [0.2, 0.25) is 0 Å². The number of aromatic nitrogens is 1. The maximum Gasteiger partial charge on any atom is 0.274 e. The molecule has 1 aliphatic heterocycles. The van der Waals surface area contributed by atoms with E-state index in [1.807, 2.05) is 53.4 Å². The Bertz CT molecular complexity index is 871. The average molecular weight is 382 g/mol. The molecule has 1 fully saturated rings.